The van der Waals surface area contributed by atoms with Gasteiger partial charge < -0.3 is 24.5 Å². The zero-order valence-corrected chi connectivity index (χ0v) is 22.8. The summed E-state index contributed by atoms with van der Waals surface area (Å²) in [6.07, 6.45) is -1.65. The third-order valence-electron chi connectivity index (χ3n) is 6.88. The van der Waals surface area contributed by atoms with Gasteiger partial charge in [0.1, 0.15) is 31.2 Å². The summed E-state index contributed by atoms with van der Waals surface area (Å²) >= 11 is 1.37. The van der Waals surface area contributed by atoms with Crippen LogP contribution < -0.4 is 0 Å². The number of aliphatic hydroxyl groups is 1. The van der Waals surface area contributed by atoms with Gasteiger partial charge in [-0.25, -0.2) is 4.79 Å². The van der Waals surface area contributed by atoms with E-state index in [1.165, 1.54) is 26.5 Å². The third kappa shape index (κ3) is 5.56. The Hall–Kier alpha value is -3.37. The van der Waals surface area contributed by atoms with E-state index >= 15 is 0 Å². The number of carbonyl (C=O) groups excluding carboxylic acids is 4. The Labute approximate surface area is 226 Å². The van der Waals surface area contributed by atoms with Crippen LogP contribution in [0.2, 0.25) is 0 Å². The lowest BCUT2D eigenvalue weighted by atomic mass is 9.87. The van der Waals surface area contributed by atoms with Gasteiger partial charge in [0, 0.05) is 25.4 Å². The van der Waals surface area contributed by atoms with E-state index in [1.807, 2.05) is 74.5 Å². The first-order chi connectivity index (χ1) is 18.0. The lowest BCUT2D eigenvalue weighted by Crippen LogP contribution is -2.67. The van der Waals surface area contributed by atoms with Crippen LogP contribution in [0.15, 0.2) is 60.7 Å². The van der Waals surface area contributed by atoms with E-state index < -0.39 is 46.0 Å². The number of rotatable bonds is 9. The molecule has 2 aromatic carbocycles. The maximum absolute atomic E-state index is 13.4. The maximum Gasteiger partial charge on any atom is 0.330 e. The highest BCUT2D eigenvalue weighted by molar-refractivity contribution is 8.01. The first-order valence-corrected chi connectivity index (χ1v) is 13.3. The van der Waals surface area contributed by atoms with E-state index in [2.05, 4.69) is 0 Å². The number of nitrogens with zero attached hydrogens (tertiary/aromatic N) is 3. The average Bonchev–Trinajstić information content (AvgIpc) is 3.14. The Bertz CT molecular complexity index is 1190. The topological polar surface area (TPSA) is 107 Å². The molecule has 0 unspecified atom stereocenters. The average molecular weight is 540 g/mol. The summed E-state index contributed by atoms with van der Waals surface area (Å²) in [5.41, 5.74) is 1.62. The molecule has 2 saturated heterocycles. The molecule has 0 radical (unpaired) electrons. The monoisotopic (exact) mass is 539 g/mol. The summed E-state index contributed by atoms with van der Waals surface area (Å²) in [6.45, 7) is 3.65. The van der Waals surface area contributed by atoms with E-state index in [0.717, 1.165) is 11.1 Å². The molecule has 1 N–H and O–H groups in total. The van der Waals surface area contributed by atoms with Gasteiger partial charge in [0.2, 0.25) is 11.8 Å². The van der Waals surface area contributed by atoms with Gasteiger partial charge in [0.15, 0.2) is 0 Å². The second-order valence-electron chi connectivity index (χ2n) is 10.3. The molecule has 0 aromatic heterocycles. The molecule has 3 amide bonds. The third-order valence-corrected chi connectivity index (χ3v) is 8.47. The summed E-state index contributed by atoms with van der Waals surface area (Å²) < 4.78 is 4.85. The number of hydrogen-bond donors (Lipinski definition) is 1. The van der Waals surface area contributed by atoms with E-state index in [0.29, 0.717) is 0 Å². The standard InChI is InChI=1S/C28H33N3O6S/c1-28(2)23(27(36)37-17-19-13-9-6-10-14-19)31-24(34)21(26(31)38-28)22(33)25(35)30(16-20(32)29(3)4)15-18-11-7-5-8-12-18/h5-14,21-23,26,33H,15-17H2,1-4H3/t21-,22+,23+,26-/m1/s1. The molecule has 2 heterocycles. The summed E-state index contributed by atoms with van der Waals surface area (Å²) in [6, 6.07) is 17.6. The van der Waals surface area contributed by atoms with E-state index in [1.54, 1.807) is 14.1 Å². The van der Waals surface area contributed by atoms with Crippen LogP contribution in [-0.4, -0.2) is 86.4 Å². The molecule has 0 aliphatic carbocycles. The zero-order valence-electron chi connectivity index (χ0n) is 21.9. The van der Waals surface area contributed by atoms with Gasteiger partial charge >= 0.3 is 5.97 Å². The van der Waals surface area contributed by atoms with Crippen LogP contribution in [-0.2, 0) is 37.1 Å². The number of fused-ring (bicyclic) bond motifs is 1. The van der Waals surface area contributed by atoms with Crippen molar-refractivity contribution in [1.29, 1.82) is 0 Å². The summed E-state index contributed by atoms with van der Waals surface area (Å²) in [7, 11) is 3.18. The van der Waals surface area contributed by atoms with Crippen LogP contribution in [0.3, 0.4) is 0 Å². The smallest absolute Gasteiger partial charge is 0.330 e. The first-order valence-electron chi connectivity index (χ1n) is 12.4. The number of benzene rings is 2. The van der Waals surface area contributed by atoms with Gasteiger partial charge in [0.05, 0.1) is 5.37 Å². The Morgan fingerprint density at radius 2 is 1.61 bits per heavy atom. The molecular weight excluding hydrogens is 506 g/mol. The molecule has 4 atom stereocenters. The van der Waals surface area contributed by atoms with Crippen LogP contribution in [0, 0.1) is 5.92 Å². The van der Waals surface area contributed by atoms with Crippen LogP contribution in [0.25, 0.3) is 0 Å². The molecule has 2 aliphatic rings. The fraction of sp³-hybridized carbons (Fsp3) is 0.429. The maximum atomic E-state index is 13.4. The van der Waals surface area contributed by atoms with Gasteiger partial charge in [-0.1, -0.05) is 60.7 Å². The second kappa shape index (κ2) is 11.2. The predicted molar refractivity (Wildman–Crippen MR) is 142 cm³/mol. The number of ether oxygens (including phenoxy) is 1. The minimum Gasteiger partial charge on any atom is -0.459 e. The number of β-lactam (4-membered cyclic amide) rings is 1. The molecule has 10 heteroatoms. The van der Waals surface area contributed by atoms with Crippen LogP contribution in [0.1, 0.15) is 25.0 Å². The first kappa shape index (κ1) is 27.7. The Kier molecular flexibility index (Phi) is 8.13. The molecule has 9 nitrogen and oxygen atoms in total. The number of thioether (sulfide) groups is 1. The predicted octanol–water partition coefficient (Wildman–Crippen LogP) is 1.89. The van der Waals surface area contributed by atoms with Crippen molar-refractivity contribution in [2.45, 2.75) is 49.3 Å². The van der Waals surface area contributed by atoms with Crippen molar-refractivity contribution in [2.24, 2.45) is 5.92 Å². The van der Waals surface area contributed by atoms with Crippen molar-refractivity contribution in [2.75, 3.05) is 20.6 Å². The Morgan fingerprint density at radius 1 is 1.03 bits per heavy atom. The highest BCUT2D eigenvalue weighted by atomic mass is 32.2. The quantitative estimate of drug-likeness (QED) is 0.383. The molecule has 2 aromatic rings. The molecule has 4 rings (SSSR count). The van der Waals surface area contributed by atoms with Crippen LogP contribution in [0.5, 0.6) is 0 Å². The Morgan fingerprint density at radius 3 is 2.18 bits per heavy atom. The number of aliphatic hydroxyl groups excluding tert-OH is 1. The summed E-state index contributed by atoms with van der Waals surface area (Å²) in [5.74, 6) is -3.03. The number of hydrogen-bond acceptors (Lipinski definition) is 7. The van der Waals surface area contributed by atoms with E-state index in [9.17, 15) is 24.3 Å². The lowest BCUT2D eigenvalue weighted by molar-refractivity contribution is -0.175. The van der Waals surface area contributed by atoms with Gasteiger partial charge in [-0.05, 0) is 25.0 Å². The molecule has 0 saturated carbocycles. The van der Waals surface area contributed by atoms with Crippen molar-refractivity contribution in [3.05, 3.63) is 71.8 Å². The largest absolute Gasteiger partial charge is 0.459 e. The van der Waals surface area contributed by atoms with Crippen LogP contribution in [0.4, 0.5) is 0 Å². The number of esters is 1. The summed E-state index contributed by atoms with van der Waals surface area (Å²) in [5, 5.41) is 10.5. The minimum absolute atomic E-state index is 0.0858. The molecule has 2 aliphatic heterocycles. The number of carbonyl (C=O) groups is 4. The molecular formula is C28H33N3O6S. The van der Waals surface area contributed by atoms with Crippen LogP contribution >= 0.6 is 11.8 Å². The van der Waals surface area contributed by atoms with Gasteiger partial charge in [-0.3, -0.25) is 14.4 Å². The highest BCUT2D eigenvalue weighted by Gasteiger charge is 2.66. The van der Waals surface area contributed by atoms with Crippen molar-refractivity contribution in [3.63, 3.8) is 0 Å². The van der Waals surface area contributed by atoms with Crippen molar-refractivity contribution < 1.29 is 29.0 Å². The summed E-state index contributed by atoms with van der Waals surface area (Å²) in [4.78, 5) is 56.3. The normalized spacial score (nSPS) is 22.2. The molecule has 0 spiro atoms. The van der Waals surface area contributed by atoms with Crippen molar-refractivity contribution in [1.82, 2.24) is 14.7 Å². The number of likely N-dealkylation sites (N-methyl/N-ethyl adjacent to an activating group) is 1. The number of amides is 3. The molecule has 2 fully saturated rings. The zero-order chi connectivity index (χ0) is 27.6. The van der Waals surface area contributed by atoms with E-state index in [4.69, 9.17) is 4.74 Å². The molecule has 202 valence electrons. The molecule has 0 bridgehead atoms. The molecule has 38 heavy (non-hydrogen) atoms. The van der Waals surface area contributed by atoms with Gasteiger partial charge in [0.25, 0.3) is 5.91 Å². The lowest BCUT2D eigenvalue weighted by Gasteiger charge is -2.45. The van der Waals surface area contributed by atoms with Crippen molar-refractivity contribution >= 4 is 35.5 Å². The van der Waals surface area contributed by atoms with Crippen molar-refractivity contribution in [3.8, 4) is 0 Å². The highest BCUT2D eigenvalue weighted by Crippen LogP contribution is 2.54. The minimum atomic E-state index is -1.65. The SMILES string of the molecule is CN(C)C(=O)CN(Cc1ccccc1)C(=O)[C@@H](O)[C@@H]1C(=O)N2[C@@H]1SC(C)(C)[C@@H]2C(=O)OCc1ccccc1. The van der Waals surface area contributed by atoms with Gasteiger partial charge in [-0.15, -0.1) is 11.8 Å². The van der Waals surface area contributed by atoms with E-state index in [-0.39, 0.29) is 25.6 Å². The fourth-order valence-corrected chi connectivity index (χ4v) is 6.49. The fourth-order valence-electron chi connectivity index (χ4n) is 4.78. The van der Waals surface area contributed by atoms with Gasteiger partial charge in [-0.2, -0.15) is 0 Å². The second-order valence-corrected chi connectivity index (χ2v) is 12.1. The Balaban J connectivity index is 1.48.